The predicted octanol–water partition coefficient (Wildman–Crippen LogP) is 2.45. The Balaban J connectivity index is 2.22. The zero-order chi connectivity index (χ0) is 17.3. The molecule has 128 valence electrons. The van der Waals surface area contributed by atoms with Gasteiger partial charge in [0.2, 0.25) is 5.91 Å². The van der Waals surface area contributed by atoms with Gasteiger partial charge in [0.25, 0.3) is 5.91 Å². The number of hydrogen-bond acceptors (Lipinski definition) is 3. The summed E-state index contributed by atoms with van der Waals surface area (Å²) in [6.07, 6.45) is 2.20. The van der Waals surface area contributed by atoms with Crippen molar-refractivity contribution in [3.63, 3.8) is 0 Å². The van der Waals surface area contributed by atoms with Gasteiger partial charge in [-0.2, -0.15) is 0 Å². The van der Waals surface area contributed by atoms with E-state index >= 15 is 0 Å². The first-order valence-corrected chi connectivity index (χ1v) is 8.33. The van der Waals surface area contributed by atoms with Crippen LogP contribution in [0.1, 0.15) is 36.7 Å². The number of ether oxygens (including phenoxy) is 1. The standard InChI is InChI=1S/C18H23N3O3/c1-4-9-19-18(23)17-16(21-10-5-6-15(21)22)13-11-12(24-3)7-8-14(13)20(17)2/h7-8,11H,4-6,9-10H2,1-3H3,(H,19,23). The van der Waals surface area contributed by atoms with E-state index in [2.05, 4.69) is 5.32 Å². The van der Waals surface area contributed by atoms with Gasteiger partial charge in [-0.15, -0.1) is 0 Å². The highest BCUT2D eigenvalue weighted by Crippen LogP contribution is 2.37. The Hall–Kier alpha value is -2.50. The number of benzene rings is 1. The number of amides is 2. The summed E-state index contributed by atoms with van der Waals surface area (Å²) < 4.78 is 7.19. The lowest BCUT2D eigenvalue weighted by molar-refractivity contribution is -0.117. The Morgan fingerprint density at radius 1 is 1.38 bits per heavy atom. The maximum atomic E-state index is 12.7. The van der Waals surface area contributed by atoms with Crippen LogP contribution in [-0.2, 0) is 11.8 Å². The molecule has 6 nitrogen and oxygen atoms in total. The van der Waals surface area contributed by atoms with Crippen molar-refractivity contribution in [2.24, 2.45) is 7.05 Å². The number of aryl methyl sites for hydroxylation is 1. The lowest BCUT2D eigenvalue weighted by atomic mass is 10.2. The van der Waals surface area contributed by atoms with Crippen LogP contribution >= 0.6 is 0 Å². The topological polar surface area (TPSA) is 63.6 Å². The summed E-state index contributed by atoms with van der Waals surface area (Å²) in [5.41, 5.74) is 2.14. The second-order valence-electron chi connectivity index (χ2n) is 6.04. The summed E-state index contributed by atoms with van der Waals surface area (Å²) in [7, 11) is 3.47. The molecule has 1 N–H and O–H groups in total. The lowest BCUT2D eigenvalue weighted by Crippen LogP contribution is -2.30. The van der Waals surface area contributed by atoms with E-state index in [9.17, 15) is 9.59 Å². The van der Waals surface area contributed by atoms with Gasteiger partial charge in [0.15, 0.2) is 0 Å². The molecule has 1 aromatic heterocycles. The van der Waals surface area contributed by atoms with E-state index in [1.54, 1.807) is 12.0 Å². The number of rotatable bonds is 5. The summed E-state index contributed by atoms with van der Waals surface area (Å²) in [5.74, 6) is 0.626. The third-order valence-electron chi connectivity index (χ3n) is 4.47. The molecule has 1 aromatic carbocycles. The van der Waals surface area contributed by atoms with Gasteiger partial charge >= 0.3 is 0 Å². The molecule has 2 heterocycles. The van der Waals surface area contributed by atoms with Crippen molar-refractivity contribution in [2.45, 2.75) is 26.2 Å². The van der Waals surface area contributed by atoms with Crippen molar-refractivity contribution in [3.8, 4) is 5.75 Å². The van der Waals surface area contributed by atoms with Gasteiger partial charge in [0.05, 0.1) is 18.3 Å². The molecule has 1 fully saturated rings. The van der Waals surface area contributed by atoms with E-state index in [1.165, 1.54) is 0 Å². The van der Waals surface area contributed by atoms with Crippen molar-refractivity contribution < 1.29 is 14.3 Å². The normalized spacial score (nSPS) is 14.5. The van der Waals surface area contributed by atoms with Gasteiger partial charge in [-0.25, -0.2) is 0 Å². The molecule has 1 aliphatic rings. The first-order valence-electron chi connectivity index (χ1n) is 8.33. The van der Waals surface area contributed by atoms with Crippen LogP contribution in [0.4, 0.5) is 5.69 Å². The highest BCUT2D eigenvalue weighted by atomic mass is 16.5. The summed E-state index contributed by atoms with van der Waals surface area (Å²) in [6, 6.07) is 5.69. The molecule has 1 aliphatic heterocycles. The van der Waals surface area contributed by atoms with E-state index in [-0.39, 0.29) is 11.8 Å². The summed E-state index contributed by atoms with van der Waals surface area (Å²) in [5, 5.41) is 3.80. The maximum Gasteiger partial charge on any atom is 0.270 e. The zero-order valence-corrected chi connectivity index (χ0v) is 14.4. The van der Waals surface area contributed by atoms with Crippen molar-refractivity contribution in [3.05, 3.63) is 23.9 Å². The predicted molar refractivity (Wildman–Crippen MR) is 93.7 cm³/mol. The second kappa shape index (κ2) is 6.55. The fraction of sp³-hybridized carbons (Fsp3) is 0.444. The lowest BCUT2D eigenvalue weighted by Gasteiger charge is -2.17. The van der Waals surface area contributed by atoms with Gasteiger partial charge in [0.1, 0.15) is 11.4 Å². The van der Waals surface area contributed by atoms with Crippen molar-refractivity contribution >= 4 is 28.4 Å². The van der Waals surface area contributed by atoms with E-state index in [0.29, 0.717) is 36.6 Å². The third kappa shape index (κ3) is 2.62. The van der Waals surface area contributed by atoms with Crippen LogP contribution in [-0.4, -0.2) is 36.6 Å². The van der Waals surface area contributed by atoms with Crippen LogP contribution < -0.4 is 15.0 Å². The average Bonchev–Trinajstić information content (AvgIpc) is 3.13. The summed E-state index contributed by atoms with van der Waals surface area (Å²) in [6.45, 7) is 3.26. The van der Waals surface area contributed by atoms with Gasteiger partial charge in [0, 0.05) is 31.9 Å². The number of nitrogens with zero attached hydrogens (tertiary/aromatic N) is 2. The van der Waals surface area contributed by atoms with Crippen LogP contribution in [0.25, 0.3) is 10.9 Å². The van der Waals surface area contributed by atoms with Crippen molar-refractivity contribution in [2.75, 3.05) is 25.1 Å². The monoisotopic (exact) mass is 329 g/mol. The Bertz CT molecular complexity index is 794. The van der Waals surface area contributed by atoms with E-state index < -0.39 is 0 Å². The van der Waals surface area contributed by atoms with Gasteiger partial charge in [-0.3, -0.25) is 9.59 Å². The average molecular weight is 329 g/mol. The molecule has 3 rings (SSSR count). The van der Waals surface area contributed by atoms with Gasteiger partial charge in [-0.1, -0.05) is 6.92 Å². The molecule has 0 bridgehead atoms. The molecule has 6 heteroatoms. The number of carbonyl (C=O) groups is 2. The maximum absolute atomic E-state index is 12.7. The molecule has 1 saturated heterocycles. The number of carbonyl (C=O) groups excluding carboxylic acids is 2. The number of anilines is 1. The summed E-state index contributed by atoms with van der Waals surface area (Å²) in [4.78, 5) is 26.8. The Morgan fingerprint density at radius 2 is 2.17 bits per heavy atom. The second-order valence-corrected chi connectivity index (χ2v) is 6.04. The fourth-order valence-electron chi connectivity index (χ4n) is 3.27. The quantitative estimate of drug-likeness (QED) is 0.916. The zero-order valence-electron chi connectivity index (χ0n) is 14.4. The first kappa shape index (κ1) is 16.4. The molecular weight excluding hydrogens is 306 g/mol. The van der Waals surface area contributed by atoms with Crippen LogP contribution in [0.5, 0.6) is 5.75 Å². The van der Waals surface area contributed by atoms with Crippen molar-refractivity contribution in [1.82, 2.24) is 9.88 Å². The van der Waals surface area contributed by atoms with Crippen LogP contribution in [0, 0.1) is 0 Å². The van der Waals surface area contributed by atoms with E-state index in [4.69, 9.17) is 4.74 Å². The van der Waals surface area contributed by atoms with Crippen molar-refractivity contribution in [1.29, 1.82) is 0 Å². The number of hydrogen-bond donors (Lipinski definition) is 1. The summed E-state index contributed by atoms with van der Waals surface area (Å²) >= 11 is 0. The molecule has 2 aromatic rings. The molecule has 0 unspecified atom stereocenters. The fourth-order valence-corrected chi connectivity index (χ4v) is 3.27. The molecule has 0 saturated carbocycles. The number of aromatic nitrogens is 1. The molecular formula is C18H23N3O3. The van der Waals surface area contributed by atoms with Crippen LogP contribution in [0.15, 0.2) is 18.2 Å². The smallest absolute Gasteiger partial charge is 0.270 e. The van der Waals surface area contributed by atoms with Crippen LogP contribution in [0.3, 0.4) is 0 Å². The number of nitrogens with one attached hydrogen (secondary N) is 1. The Labute approximate surface area is 141 Å². The number of methoxy groups -OCH3 is 1. The highest BCUT2D eigenvalue weighted by Gasteiger charge is 2.31. The molecule has 0 aliphatic carbocycles. The van der Waals surface area contributed by atoms with Gasteiger partial charge in [-0.05, 0) is 31.0 Å². The molecule has 0 spiro atoms. The minimum atomic E-state index is -0.149. The van der Waals surface area contributed by atoms with Crippen LogP contribution in [0.2, 0.25) is 0 Å². The first-order chi connectivity index (χ1) is 11.6. The van der Waals surface area contributed by atoms with Gasteiger partial charge < -0.3 is 19.5 Å². The molecule has 2 amide bonds. The minimum absolute atomic E-state index is 0.0647. The Morgan fingerprint density at radius 3 is 2.79 bits per heavy atom. The SMILES string of the molecule is CCCNC(=O)c1c(N2CCCC2=O)c2cc(OC)ccc2n1C. The van der Waals surface area contributed by atoms with E-state index in [0.717, 1.165) is 23.7 Å². The third-order valence-corrected chi connectivity index (χ3v) is 4.47. The molecule has 0 atom stereocenters. The highest BCUT2D eigenvalue weighted by molar-refractivity contribution is 6.14. The Kier molecular flexibility index (Phi) is 4.46. The van der Waals surface area contributed by atoms with E-state index in [1.807, 2.05) is 36.7 Å². The largest absolute Gasteiger partial charge is 0.497 e. The molecule has 0 radical (unpaired) electrons. The molecule has 24 heavy (non-hydrogen) atoms. The minimum Gasteiger partial charge on any atom is -0.497 e. The number of fused-ring (bicyclic) bond motifs is 1.